The number of aryl methyl sites for hydroxylation is 2. The van der Waals surface area contributed by atoms with Gasteiger partial charge in [0, 0.05) is 33.6 Å². The van der Waals surface area contributed by atoms with Crippen LogP contribution in [-0.2, 0) is 13.0 Å². The van der Waals surface area contributed by atoms with Gasteiger partial charge in [-0.15, -0.1) is 0 Å². The van der Waals surface area contributed by atoms with Crippen LogP contribution in [0.4, 0.5) is 0 Å². The maximum Gasteiger partial charge on any atom is 0.161 e. The molecule has 0 saturated carbocycles. The first kappa shape index (κ1) is 16.4. The van der Waals surface area contributed by atoms with Crippen molar-refractivity contribution < 1.29 is 9.47 Å². The van der Waals surface area contributed by atoms with Crippen LogP contribution in [0.25, 0.3) is 22.5 Å². The van der Waals surface area contributed by atoms with E-state index in [9.17, 15) is 0 Å². The van der Waals surface area contributed by atoms with Gasteiger partial charge < -0.3 is 14.0 Å². The lowest BCUT2D eigenvalue weighted by Crippen LogP contribution is -2.12. The summed E-state index contributed by atoms with van der Waals surface area (Å²) in [5.41, 5.74) is 5.54. The number of imidazole rings is 1. The van der Waals surface area contributed by atoms with Crippen molar-refractivity contribution in [3.05, 3.63) is 45.6 Å². The van der Waals surface area contributed by atoms with Gasteiger partial charge >= 0.3 is 0 Å². The fraction of sp³-hybridized carbons (Fsp3) is 0.263. The predicted molar refractivity (Wildman–Crippen MR) is 105 cm³/mol. The van der Waals surface area contributed by atoms with Crippen molar-refractivity contribution in [1.82, 2.24) is 14.5 Å². The van der Waals surface area contributed by atoms with E-state index in [0.29, 0.717) is 0 Å². The minimum absolute atomic E-state index is 0.736. The zero-order valence-electron chi connectivity index (χ0n) is 14.3. The summed E-state index contributed by atoms with van der Waals surface area (Å²) < 4.78 is 14.4. The lowest BCUT2D eigenvalue weighted by atomic mass is 9.95. The van der Waals surface area contributed by atoms with Crippen LogP contribution in [-0.4, -0.2) is 28.8 Å². The Morgan fingerprint density at radius 1 is 1.08 bits per heavy atom. The Morgan fingerprint density at radius 3 is 2.56 bits per heavy atom. The molecule has 6 heteroatoms. The van der Waals surface area contributed by atoms with Gasteiger partial charge in [0.15, 0.2) is 11.5 Å². The second-order valence-corrected chi connectivity index (χ2v) is 7.26. The standard InChI is InChI=1S/C19H18IN3O2/c1-11-22-18(13-6-14(20)10-21-9-13)19-15-8-17(25-3)16(24-2)7-12(15)4-5-23(11)19/h6-10H,4-5H2,1-3H3. The van der Waals surface area contributed by atoms with Crippen LogP contribution in [0.2, 0.25) is 0 Å². The summed E-state index contributed by atoms with van der Waals surface area (Å²) in [6.07, 6.45) is 4.67. The second-order valence-electron chi connectivity index (χ2n) is 6.01. The maximum absolute atomic E-state index is 5.52. The average molecular weight is 447 g/mol. The number of benzene rings is 1. The van der Waals surface area contributed by atoms with Crippen LogP contribution < -0.4 is 9.47 Å². The zero-order chi connectivity index (χ0) is 17.6. The van der Waals surface area contributed by atoms with Gasteiger partial charge in [-0.05, 0) is 59.7 Å². The van der Waals surface area contributed by atoms with E-state index in [4.69, 9.17) is 14.5 Å². The van der Waals surface area contributed by atoms with Crippen LogP contribution in [0.5, 0.6) is 11.5 Å². The molecule has 0 bridgehead atoms. The Balaban J connectivity index is 1.98. The van der Waals surface area contributed by atoms with Crippen molar-refractivity contribution in [2.75, 3.05) is 14.2 Å². The molecule has 3 aromatic rings. The lowest BCUT2D eigenvalue weighted by molar-refractivity contribution is 0.354. The SMILES string of the molecule is COc1cc2c(cc1OC)-c1c(-c3cncc(I)c3)nc(C)n1CC2. The Labute approximate surface area is 160 Å². The Kier molecular flexibility index (Phi) is 4.15. The summed E-state index contributed by atoms with van der Waals surface area (Å²) in [7, 11) is 3.34. The topological polar surface area (TPSA) is 49.2 Å². The van der Waals surface area contributed by atoms with Crippen molar-refractivity contribution in [3.63, 3.8) is 0 Å². The van der Waals surface area contributed by atoms with Gasteiger partial charge in [0.05, 0.1) is 25.6 Å². The van der Waals surface area contributed by atoms with Crippen molar-refractivity contribution in [1.29, 1.82) is 0 Å². The van der Waals surface area contributed by atoms with Crippen LogP contribution in [0.1, 0.15) is 11.4 Å². The molecule has 0 spiro atoms. The molecule has 0 N–H and O–H groups in total. The molecule has 0 aliphatic carbocycles. The highest BCUT2D eigenvalue weighted by molar-refractivity contribution is 14.1. The zero-order valence-corrected chi connectivity index (χ0v) is 16.5. The molecule has 0 radical (unpaired) electrons. The summed E-state index contributed by atoms with van der Waals surface area (Å²) in [6.45, 7) is 2.97. The molecule has 4 rings (SSSR count). The first-order valence-electron chi connectivity index (χ1n) is 8.05. The van der Waals surface area contributed by atoms with Crippen molar-refractivity contribution in [3.8, 4) is 34.0 Å². The van der Waals surface area contributed by atoms with Gasteiger partial charge in [-0.2, -0.15) is 0 Å². The van der Waals surface area contributed by atoms with Gasteiger partial charge in [-0.1, -0.05) is 0 Å². The van der Waals surface area contributed by atoms with E-state index in [1.807, 2.05) is 12.4 Å². The van der Waals surface area contributed by atoms with Crippen molar-refractivity contribution in [2.24, 2.45) is 0 Å². The molecular formula is C19H18IN3O2. The highest BCUT2D eigenvalue weighted by atomic mass is 127. The third-order valence-electron chi connectivity index (χ3n) is 4.61. The Morgan fingerprint density at radius 2 is 1.84 bits per heavy atom. The molecule has 1 aliphatic rings. The summed E-state index contributed by atoms with van der Waals surface area (Å²) in [6, 6.07) is 6.26. The highest BCUT2D eigenvalue weighted by Gasteiger charge is 2.26. The third-order valence-corrected chi connectivity index (χ3v) is 5.20. The number of hydrogen-bond donors (Lipinski definition) is 0. The minimum Gasteiger partial charge on any atom is -0.493 e. The maximum atomic E-state index is 5.52. The first-order chi connectivity index (χ1) is 12.1. The summed E-state index contributed by atoms with van der Waals surface area (Å²) in [5.74, 6) is 2.52. The van der Waals surface area contributed by atoms with E-state index < -0.39 is 0 Å². The molecule has 0 unspecified atom stereocenters. The number of methoxy groups -OCH3 is 2. The molecule has 0 fully saturated rings. The quantitative estimate of drug-likeness (QED) is 0.568. The largest absolute Gasteiger partial charge is 0.493 e. The number of aromatic nitrogens is 3. The van der Waals surface area contributed by atoms with Gasteiger partial charge in [0.2, 0.25) is 0 Å². The molecule has 0 amide bonds. The van der Waals surface area contributed by atoms with Crippen LogP contribution in [0, 0.1) is 10.5 Å². The van der Waals surface area contributed by atoms with Gasteiger partial charge in [0.1, 0.15) is 5.82 Å². The highest BCUT2D eigenvalue weighted by Crippen LogP contribution is 2.42. The van der Waals surface area contributed by atoms with Crippen LogP contribution in [0.15, 0.2) is 30.6 Å². The Bertz CT molecular complexity index is 966. The molecular weight excluding hydrogens is 429 g/mol. The van der Waals surface area contributed by atoms with Crippen molar-refractivity contribution in [2.45, 2.75) is 19.9 Å². The number of ether oxygens (including phenoxy) is 2. The van der Waals surface area contributed by atoms with Gasteiger partial charge in [0.25, 0.3) is 0 Å². The fourth-order valence-corrected chi connectivity index (χ4v) is 3.93. The molecule has 5 nitrogen and oxygen atoms in total. The molecule has 25 heavy (non-hydrogen) atoms. The number of pyridine rings is 1. The predicted octanol–water partition coefficient (Wildman–Crippen LogP) is 4.10. The summed E-state index contributed by atoms with van der Waals surface area (Å²) >= 11 is 2.28. The molecule has 3 heterocycles. The monoisotopic (exact) mass is 447 g/mol. The number of fused-ring (bicyclic) bond motifs is 3. The summed E-state index contributed by atoms with van der Waals surface area (Å²) in [4.78, 5) is 9.18. The number of halogens is 1. The fourth-order valence-electron chi connectivity index (χ4n) is 3.43. The molecule has 1 aromatic carbocycles. The molecule has 2 aromatic heterocycles. The first-order valence-corrected chi connectivity index (χ1v) is 9.13. The minimum atomic E-state index is 0.736. The number of hydrogen-bond acceptors (Lipinski definition) is 4. The van der Waals surface area contributed by atoms with Gasteiger partial charge in [-0.3, -0.25) is 4.98 Å². The van der Waals surface area contributed by atoms with Gasteiger partial charge in [-0.25, -0.2) is 4.98 Å². The summed E-state index contributed by atoms with van der Waals surface area (Å²) in [5, 5.41) is 0. The Hall–Kier alpha value is -2.09. The molecule has 0 atom stereocenters. The van der Waals surface area contributed by atoms with Crippen LogP contribution >= 0.6 is 22.6 Å². The van der Waals surface area contributed by atoms with Crippen LogP contribution in [0.3, 0.4) is 0 Å². The van der Waals surface area contributed by atoms with E-state index in [2.05, 4.69) is 57.3 Å². The van der Waals surface area contributed by atoms with E-state index >= 15 is 0 Å². The van der Waals surface area contributed by atoms with E-state index in [0.717, 1.165) is 56.4 Å². The van der Waals surface area contributed by atoms with E-state index in [1.165, 1.54) is 5.56 Å². The number of nitrogens with zero attached hydrogens (tertiary/aromatic N) is 3. The third kappa shape index (κ3) is 2.68. The lowest BCUT2D eigenvalue weighted by Gasteiger charge is -2.22. The van der Waals surface area contributed by atoms with Crippen molar-refractivity contribution >= 4 is 22.6 Å². The molecule has 0 saturated heterocycles. The second kappa shape index (κ2) is 6.33. The van der Waals surface area contributed by atoms with E-state index in [1.54, 1.807) is 14.2 Å². The molecule has 128 valence electrons. The smallest absolute Gasteiger partial charge is 0.161 e. The normalized spacial score (nSPS) is 12.5. The van der Waals surface area contributed by atoms with E-state index in [-0.39, 0.29) is 0 Å². The number of rotatable bonds is 3. The average Bonchev–Trinajstić information content (AvgIpc) is 2.97. The molecule has 1 aliphatic heterocycles.